The molecule has 1 fully saturated rings. The molecule has 1 saturated heterocycles. The molecule has 5 heteroatoms. The Morgan fingerprint density at radius 1 is 1.42 bits per heavy atom. The lowest BCUT2D eigenvalue weighted by Gasteiger charge is -2.18. The predicted molar refractivity (Wildman–Crippen MR) is 83.9 cm³/mol. The van der Waals surface area contributed by atoms with Crippen molar-refractivity contribution in [2.75, 3.05) is 19.7 Å². The van der Waals surface area contributed by atoms with Crippen LogP contribution in [-0.4, -0.2) is 29.8 Å². The lowest BCUT2D eigenvalue weighted by atomic mass is 10.3. The van der Waals surface area contributed by atoms with Crippen molar-refractivity contribution in [3.05, 3.63) is 35.3 Å². The van der Waals surface area contributed by atoms with Crippen LogP contribution in [0.1, 0.15) is 12.8 Å². The van der Waals surface area contributed by atoms with E-state index < -0.39 is 0 Å². The molecule has 1 aliphatic heterocycles. The van der Waals surface area contributed by atoms with Crippen LogP contribution >= 0.6 is 28.1 Å². The third-order valence-electron chi connectivity index (χ3n) is 2.83. The minimum absolute atomic E-state index is 0.457. The van der Waals surface area contributed by atoms with Gasteiger partial charge in [0.1, 0.15) is 18.1 Å². The molecule has 0 bridgehead atoms. The summed E-state index contributed by atoms with van der Waals surface area (Å²) in [4.78, 5) is 2.08. The van der Waals surface area contributed by atoms with Gasteiger partial charge in [-0.05, 0) is 53.1 Å². The summed E-state index contributed by atoms with van der Waals surface area (Å²) < 4.78 is 12.1. The second-order valence-corrected chi connectivity index (χ2v) is 5.46. The Hall–Kier alpha value is -1.07. The molecule has 19 heavy (non-hydrogen) atoms. The van der Waals surface area contributed by atoms with Crippen molar-refractivity contribution >= 4 is 33.3 Å². The number of nitrogens with zero attached hydrogens (tertiary/aromatic N) is 1. The molecule has 0 spiro atoms. The number of ether oxygens (including phenoxy) is 2. The van der Waals surface area contributed by atoms with E-state index in [-0.39, 0.29) is 0 Å². The Bertz CT molecular complexity index is 473. The van der Waals surface area contributed by atoms with E-state index in [1.54, 1.807) is 6.08 Å². The molecule has 2 rings (SSSR count). The van der Waals surface area contributed by atoms with Crippen molar-refractivity contribution in [1.82, 2.24) is 4.90 Å². The van der Waals surface area contributed by atoms with Crippen molar-refractivity contribution in [1.29, 1.82) is 0 Å². The van der Waals surface area contributed by atoms with E-state index >= 15 is 0 Å². The fourth-order valence-electron chi connectivity index (χ4n) is 1.87. The van der Waals surface area contributed by atoms with Crippen LogP contribution in [0.15, 0.2) is 35.3 Å². The Labute approximate surface area is 127 Å². The van der Waals surface area contributed by atoms with Crippen molar-refractivity contribution in [3.63, 3.8) is 0 Å². The van der Waals surface area contributed by atoms with Crippen molar-refractivity contribution in [3.8, 4) is 11.5 Å². The molecule has 0 aliphatic carbocycles. The van der Waals surface area contributed by atoms with E-state index in [1.165, 1.54) is 12.8 Å². The Morgan fingerprint density at radius 3 is 2.84 bits per heavy atom. The third-order valence-corrected chi connectivity index (χ3v) is 3.83. The molecule has 0 saturated carbocycles. The van der Waals surface area contributed by atoms with Crippen LogP contribution in [0.3, 0.4) is 0 Å². The molecule has 0 N–H and O–H groups in total. The van der Waals surface area contributed by atoms with Gasteiger partial charge in [-0.3, -0.25) is 0 Å². The first-order chi connectivity index (χ1) is 9.20. The molecular formula is C14H16BrNO2S. The molecule has 3 nitrogen and oxygen atoms in total. The lowest BCUT2D eigenvalue weighted by molar-refractivity contribution is 0.357. The zero-order valence-electron chi connectivity index (χ0n) is 10.6. The largest absolute Gasteiger partial charge is 0.488 e. The van der Waals surface area contributed by atoms with E-state index in [4.69, 9.17) is 21.7 Å². The molecule has 1 aromatic rings. The maximum Gasteiger partial charge on any atom is 0.264 e. The molecule has 1 aromatic carbocycles. The lowest BCUT2D eigenvalue weighted by Crippen LogP contribution is -2.30. The van der Waals surface area contributed by atoms with E-state index in [0.29, 0.717) is 17.5 Å². The molecule has 102 valence electrons. The van der Waals surface area contributed by atoms with Gasteiger partial charge >= 0.3 is 0 Å². The van der Waals surface area contributed by atoms with Gasteiger partial charge in [-0.25, -0.2) is 0 Å². The summed E-state index contributed by atoms with van der Waals surface area (Å²) >= 11 is 8.73. The molecule has 0 amide bonds. The summed E-state index contributed by atoms with van der Waals surface area (Å²) in [5.41, 5.74) is 0. The van der Waals surface area contributed by atoms with Gasteiger partial charge in [0.05, 0.1) is 4.47 Å². The minimum atomic E-state index is 0.457. The van der Waals surface area contributed by atoms with Gasteiger partial charge in [-0.15, -0.1) is 0 Å². The SMILES string of the molecule is C=CCOc1cc(OC(=S)N2CCCC2)ccc1Br. The smallest absolute Gasteiger partial charge is 0.264 e. The van der Waals surface area contributed by atoms with Crippen LogP contribution < -0.4 is 9.47 Å². The average Bonchev–Trinajstić information content (AvgIpc) is 2.93. The number of benzene rings is 1. The quantitative estimate of drug-likeness (QED) is 0.613. The number of rotatable bonds is 4. The Kier molecular flexibility index (Phi) is 5.22. The summed E-state index contributed by atoms with van der Waals surface area (Å²) in [6.45, 7) is 6.05. The van der Waals surface area contributed by atoms with Gasteiger partial charge in [0.25, 0.3) is 5.17 Å². The van der Waals surface area contributed by atoms with Crippen LogP contribution in [-0.2, 0) is 0 Å². The first-order valence-corrected chi connectivity index (χ1v) is 7.41. The number of hydrogen-bond acceptors (Lipinski definition) is 3. The summed E-state index contributed by atoms with van der Waals surface area (Å²) in [6, 6.07) is 5.59. The molecule has 1 heterocycles. The number of thiocarbonyl (C=S) groups is 1. The second-order valence-electron chi connectivity index (χ2n) is 4.25. The van der Waals surface area contributed by atoms with Crippen molar-refractivity contribution in [2.45, 2.75) is 12.8 Å². The number of halogens is 1. The van der Waals surface area contributed by atoms with Crippen LogP contribution in [0.25, 0.3) is 0 Å². The van der Waals surface area contributed by atoms with Crippen molar-refractivity contribution < 1.29 is 9.47 Å². The third kappa shape index (κ3) is 3.94. The normalized spacial score (nSPS) is 14.3. The highest BCUT2D eigenvalue weighted by Gasteiger charge is 2.16. The fraction of sp³-hybridized carbons (Fsp3) is 0.357. The average molecular weight is 342 g/mol. The van der Waals surface area contributed by atoms with Gasteiger partial charge in [-0.1, -0.05) is 12.7 Å². The zero-order chi connectivity index (χ0) is 13.7. The topological polar surface area (TPSA) is 21.7 Å². The highest BCUT2D eigenvalue weighted by atomic mass is 79.9. The second kappa shape index (κ2) is 6.91. The van der Waals surface area contributed by atoms with E-state index in [1.807, 2.05) is 18.2 Å². The van der Waals surface area contributed by atoms with Gasteiger partial charge in [0, 0.05) is 19.2 Å². The summed E-state index contributed by atoms with van der Waals surface area (Å²) in [5, 5.41) is 0.537. The first kappa shape index (κ1) is 14.3. The fourth-order valence-corrected chi connectivity index (χ4v) is 2.51. The van der Waals surface area contributed by atoms with Gasteiger partial charge < -0.3 is 14.4 Å². The molecule has 0 atom stereocenters. The Morgan fingerprint density at radius 2 is 2.16 bits per heavy atom. The molecular weight excluding hydrogens is 326 g/mol. The molecule has 0 radical (unpaired) electrons. The van der Waals surface area contributed by atoms with Crippen LogP contribution in [0.4, 0.5) is 0 Å². The van der Waals surface area contributed by atoms with E-state index in [0.717, 1.165) is 23.3 Å². The first-order valence-electron chi connectivity index (χ1n) is 6.20. The molecule has 0 unspecified atom stereocenters. The summed E-state index contributed by atoms with van der Waals surface area (Å²) in [5.74, 6) is 1.42. The highest BCUT2D eigenvalue weighted by Crippen LogP contribution is 2.30. The van der Waals surface area contributed by atoms with Gasteiger partial charge in [-0.2, -0.15) is 0 Å². The van der Waals surface area contributed by atoms with Gasteiger partial charge in [0.2, 0.25) is 0 Å². The number of hydrogen-bond donors (Lipinski definition) is 0. The maximum absolute atomic E-state index is 5.70. The molecule has 0 aromatic heterocycles. The number of likely N-dealkylation sites (tertiary alicyclic amines) is 1. The maximum atomic E-state index is 5.70. The summed E-state index contributed by atoms with van der Waals surface area (Å²) in [7, 11) is 0. The van der Waals surface area contributed by atoms with Gasteiger partial charge in [0.15, 0.2) is 0 Å². The zero-order valence-corrected chi connectivity index (χ0v) is 13.0. The Balaban J connectivity index is 2.03. The predicted octanol–water partition coefficient (Wildman–Crippen LogP) is 3.77. The highest BCUT2D eigenvalue weighted by molar-refractivity contribution is 9.10. The summed E-state index contributed by atoms with van der Waals surface area (Å²) in [6.07, 6.45) is 4.06. The molecule has 1 aliphatic rings. The monoisotopic (exact) mass is 341 g/mol. The minimum Gasteiger partial charge on any atom is -0.488 e. The van der Waals surface area contributed by atoms with Crippen LogP contribution in [0, 0.1) is 0 Å². The standard InChI is InChI=1S/C14H16BrNO2S/c1-2-9-17-13-10-11(5-6-12(13)15)18-14(19)16-7-3-4-8-16/h2,5-6,10H,1,3-4,7-9H2. The van der Waals surface area contributed by atoms with E-state index in [2.05, 4.69) is 27.4 Å². The van der Waals surface area contributed by atoms with E-state index in [9.17, 15) is 0 Å². The van der Waals surface area contributed by atoms with Crippen LogP contribution in [0.2, 0.25) is 0 Å². The van der Waals surface area contributed by atoms with Crippen molar-refractivity contribution in [2.24, 2.45) is 0 Å². The van der Waals surface area contributed by atoms with Crippen LogP contribution in [0.5, 0.6) is 11.5 Å².